The smallest absolute Gasteiger partial charge is 0.387 e. The van der Waals surface area contributed by atoms with Crippen LogP contribution < -0.4 is 15.2 Å². The Morgan fingerprint density at radius 3 is 2.50 bits per heavy atom. The average Bonchev–Trinajstić information content (AvgIpc) is 3.13. The van der Waals surface area contributed by atoms with Crippen molar-refractivity contribution in [1.29, 1.82) is 0 Å². The van der Waals surface area contributed by atoms with Gasteiger partial charge in [0.15, 0.2) is 9.92 Å². The summed E-state index contributed by atoms with van der Waals surface area (Å²) in [6.07, 6.45) is 1.63. The molecule has 0 spiro atoms. The molecule has 13 heteroatoms. The Balaban J connectivity index is 0.00000512. The second-order valence-electron chi connectivity index (χ2n) is 7.57. The van der Waals surface area contributed by atoms with Crippen LogP contribution >= 0.6 is 24.8 Å². The van der Waals surface area contributed by atoms with E-state index in [1.54, 1.807) is 6.92 Å². The third kappa shape index (κ3) is 7.10. The number of hydrogen-bond acceptors (Lipinski definition) is 6. The summed E-state index contributed by atoms with van der Waals surface area (Å²) in [5.74, 6) is -0.156. The third-order valence-electron chi connectivity index (χ3n) is 4.20. The van der Waals surface area contributed by atoms with Gasteiger partial charge in [-0.1, -0.05) is 20.8 Å². The Kier molecular flexibility index (Phi) is 9.60. The fraction of sp³-hybridized carbons (Fsp3) is 0.474. The number of carbonyl (C=O) groups is 1. The van der Waals surface area contributed by atoms with Crippen LogP contribution in [0.2, 0.25) is 0 Å². The predicted molar refractivity (Wildman–Crippen MR) is 126 cm³/mol. The van der Waals surface area contributed by atoms with Gasteiger partial charge in [0.25, 0.3) is 0 Å². The van der Waals surface area contributed by atoms with E-state index in [0.717, 1.165) is 11.3 Å². The van der Waals surface area contributed by atoms with E-state index in [4.69, 9.17) is 5.14 Å². The van der Waals surface area contributed by atoms with Crippen molar-refractivity contribution in [2.75, 3.05) is 5.32 Å². The van der Waals surface area contributed by atoms with Gasteiger partial charge in [-0.3, -0.25) is 0 Å². The number of carbonyl (C=O) groups excluding carboxylic acids is 1. The lowest BCUT2D eigenvalue weighted by Crippen LogP contribution is -2.18. The number of anilines is 1. The third-order valence-corrected chi connectivity index (χ3v) is 7.39. The normalized spacial score (nSPS) is 13.5. The summed E-state index contributed by atoms with van der Waals surface area (Å²) >= 11 is 0.895. The molecule has 2 amide bonds. The molecule has 1 unspecified atom stereocenters. The van der Waals surface area contributed by atoms with Gasteiger partial charge in [-0.2, -0.15) is 22.3 Å². The Labute approximate surface area is 197 Å². The van der Waals surface area contributed by atoms with Crippen molar-refractivity contribution < 1.29 is 27.6 Å². The first-order chi connectivity index (χ1) is 14.2. The highest BCUT2D eigenvalue weighted by Gasteiger charge is 2.24. The van der Waals surface area contributed by atoms with Crippen LogP contribution in [0, 0.1) is 0 Å². The maximum absolute atomic E-state index is 12.8. The zero-order valence-electron chi connectivity index (χ0n) is 18.3. The summed E-state index contributed by atoms with van der Waals surface area (Å²) in [5, 5.41) is 18.7. The molecule has 0 aliphatic heterocycles. The van der Waals surface area contributed by atoms with Crippen LogP contribution in [0.1, 0.15) is 56.7 Å². The standard InChI is InChI=1S/C19H26F2N4O4S2.H2S/c1-6-11-7-12(29-17(20)21)8-13(10(2)3)15(11)24-18(26)25-31(22,28)14-9-23-16(30-14)19(4,5)27;/h7-10,17,27H,6H2,1-5H3,(H3,22,24,25,26,28);1H2. The largest absolute Gasteiger partial charge is 0.435 e. The lowest BCUT2D eigenvalue weighted by Gasteiger charge is -2.19. The van der Waals surface area contributed by atoms with Crippen molar-refractivity contribution in [2.45, 2.75) is 63.4 Å². The molecule has 32 heavy (non-hydrogen) atoms. The fourth-order valence-electron chi connectivity index (χ4n) is 2.73. The minimum atomic E-state index is -3.61. The van der Waals surface area contributed by atoms with Crippen molar-refractivity contribution in [3.8, 4) is 5.75 Å². The lowest BCUT2D eigenvalue weighted by molar-refractivity contribution is -0.0499. The van der Waals surface area contributed by atoms with Crippen LogP contribution in [0.15, 0.2) is 26.9 Å². The number of aryl methyl sites for hydroxylation is 1. The monoisotopic (exact) mass is 510 g/mol. The lowest BCUT2D eigenvalue weighted by atomic mass is 9.96. The van der Waals surface area contributed by atoms with Gasteiger partial charge in [0.1, 0.15) is 20.6 Å². The molecule has 1 aromatic heterocycles. The van der Waals surface area contributed by atoms with Gasteiger partial charge >= 0.3 is 12.6 Å². The molecule has 0 aliphatic rings. The van der Waals surface area contributed by atoms with Crippen LogP contribution in [0.4, 0.5) is 19.3 Å². The second kappa shape index (κ2) is 10.9. The molecule has 4 N–H and O–H groups in total. The minimum Gasteiger partial charge on any atom is -0.435 e. The Morgan fingerprint density at radius 2 is 2.03 bits per heavy atom. The van der Waals surface area contributed by atoms with E-state index in [1.165, 1.54) is 32.2 Å². The molecule has 1 aromatic carbocycles. The molecule has 0 aliphatic carbocycles. The highest BCUT2D eigenvalue weighted by molar-refractivity contribution is 7.93. The second-order valence-corrected chi connectivity index (χ2v) is 10.6. The molecule has 180 valence electrons. The number of aliphatic hydroxyl groups is 1. The first-order valence-corrected chi connectivity index (χ1v) is 11.8. The average molecular weight is 511 g/mol. The Morgan fingerprint density at radius 1 is 1.41 bits per heavy atom. The molecular formula is C19H28F2N4O4S3. The van der Waals surface area contributed by atoms with Crippen LogP contribution in [0.5, 0.6) is 5.75 Å². The van der Waals surface area contributed by atoms with E-state index in [2.05, 4.69) is 19.4 Å². The van der Waals surface area contributed by atoms with Crippen molar-refractivity contribution >= 4 is 46.5 Å². The van der Waals surface area contributed by atoms with Crippen molar-refractivity contribution in [3.05, 3.63) is 34.5 Å². The Bertz CT molecular complexity index is 1080. The SMILES string of the molecule is CCc1cc(OC(F)F)cc(C(C)C)c1NC(=O)N=S(N)(=O)c1cnc(C(C)(C)O)s1.S. The summed E-state index contributed by atoms with van der Waals surface area (Å²) in [6, 6.07) is 1.88. The summed E-state index contributed by atoms with van der Waals surface area (Å²) in [4.78, 5) is 16.5. The van der Waals surface area contributed by atoms with Crippen molar-refractivity contribution in [3.63, 3.8) is 0 Å². The summed E-state index contributed by atoms with van der Waals surface area (Å²) in [7, 11) is -3.61. The van der Waals surface area contributed by atoms with Crippen LogP contribution in [0.25, 0.3) is 0 Å². The zero-order valence-corrected chi connectivity index (χ0v) is 20.9. The van der Waals surface area contributed by atoms with E-state index in [1.807, 2.05) is 13.8 Å². The number of nitrogens with one attached hydrogen (secondary N) is 1. The molecule has 8 nitrogen and oxygen atoms in total. The first kappa shape index (κ1) is 28.2. The van der Waals surface area contributed by atoms with Crippen LogP contribution in [0.3, 0.4) is 0 Å². The number of hydrogen-bond donors (Lipinski definition) is 3. The number of amides is 2. The summed E-state index contributed by atoms with van der Waals surface area (Å²) < 4.78 is 46.3. The number of nitrogens with two attached hydrogens (primary N) is 1. The molecule has 1 atom stereocenters. The fourth-order valence-corrected chi connectivity index (χ4v) is 4.79. The van der Waals surface area contributed by atoms with E-state index in [0.29, 0.717) is 23.2 Å². The molecule has 2 aromatic rings. The van der Waals surface area contributed by atoms with Gasteiger partial charge < -0.3 is 15.2 Å². The first-order valence-electron chi connectivity index (χ1n) is 9.40. The highest BCUT2D eigenvalue weighted by Crippen LogP contribution is 2.34. The predicted octanol–water partition coefficient (Wildman–Crippen LogP) is 4.70. The van der Waals surface area contributed by atoms with Gasteiger partial charge in [0, 0.05) is 5.69 Å². The van der Waals surface area contributed by atoms with E-state index >= 15 is 0 Å². The summed E-state index contributed by atoms with van der Waals surface area (Å²) in [5.41, 5.74) is 0.232. The number of urea groups is 1. The summed E-state index contributed by atoms with van der Waals surface area (Å²) in [6.45, 7) is 5.50. The van der Waals surface area contributed by atoms with E-state index in [-0.39, 0.29) is 34.4 Å². The van der Waals surface area contributed by atoms with Crippen molar-refractivity contribution in [2.24, 2.45) is 9.50 Å². The molecule has 0 bridgehead atoms. The molecule has 2 rings (SSSR count). The number of rotatable bonds is 7. The number of nitrogens with zero attached hydrogens (tertiary/aromatic N) is 2. The van der Waals surface area contributed by atoms with Crippen LogP contribution in [-0.4, -0.2) is 26.9 Å². The van der Waals surface area contributed by atoms with Gasteiger partial charge in [-0.15, -0.1) is 15.7 Å². The number of alkyl halides is 2. The van der Waals surface area contributed by atoms with Gasteiger partial charge in [-0.05, 0) is 49.4 Å². The molecular weight excluding hydrogens is 482 g/mol. The topological polar surface area (TPSA) is 127 Å². The number of halogens is 2. The maximum atomic E-state index is 12.8. The molecule has 0 radical (unpaired) electrons. The Hall–Kier alpha value is -1.80. The zero-order chi connectivity index (χ0) is 23.6. The van der Waals surface area contributed by atoms with Gasteiger partial charge in [-0.25, -0.2) is 19.1 Å². The van der Waals surface area contributed by atoms with Gasteiger partial charge in [0.2, 0.25) is 0 Å². The number of thiazole rings is 1. The quantitative estimate of drug-likeness (QED) is 0.497. The maximum Gasteiger partial charge on any atom is 0.387 e. The van der Waals surface area contributed by atoms with E-state index in [9.17, 15) is 22.9 Å². The molecule has 0 fully saturated rings. The molecule has 0 saturated carbocycles. The van der Waals surface area contributed by atoms with Crippen molar-refractivity contribution in [1.82, 2.24) is 4.98 Å². The highest BCUT2D eigenvalue weighted by atomic mass is 32.2. The van der Waals surface area contributed by atoms with E-state index < -0.39 is 28.2 Å². The number of aromatic nitrogens is 1. The molecule has 0 saturated heterocycles. The number of benzene rings is 1. The van der Waals surface area contributed by atoms with Crippen LogP contribution in [-0.2, 0) is 21.9 Å². The molecule has 1 heterocycles. The minimum absolute atomic E-state index is 0. The van der Waals surface area contributed by atoms with Gasteiger partial charge in [0.05, 0.1) is 6.20 Å². The number of ether oxygens (including phenoxy) is 1.